The summed E-state index contributed by atoms with van der Waals surface area (Å²) in [6.07, 6.45) is 2.44. The van der Waals surface area contributed by atoms with E-state index in [4.69, 9.17) is 0 Å². The van der Waals surface area contributed by atoms with Crippen molar-refractivity contribution in [2.24, 2.45) is 5.92 Å². The Balaban J connectivity index is 1.52. The predicted molar refractivity (Wildman–Crippen MR) is 80.0 cm³/mol. The van der Waals surface area contributed by atoms with Crippen LogP contribution in [-0.2, 0) is 0 Å². The van der Waals surface area contributed by atoms with E-state index in [1.807, 2.05) is 23.6 Å². The highest BCUT2D eigenvalue weighted by molar-refractivity contribution is 7.04. The van der Waals surface area contributed by atoms with Crippen molar-refractivity contribution in [1.82, 2.24) is 14.6 Å². The zero-order valence-electron chi connectivity index (χ0n) is 11.2. The van der Waals surface area contributed by atoms with Gasteiger partial charge in [0.05, 0.1) is 5.52 Å². The first kappa shape index (κ1) is 12.3. The molecule has 20 heavy (non-hydrogen) atoms. The van der Waals surface area contributed by atoms with E-state index in [0.717, 1.165) is 23.0 Å². The van der Waals surface area contributed by atoms with E-state index < -0.39 is 0 Å². The maximum absolute atomic E-state index is 12.4. The number of benzene rings is 1. The zero-order valence-corrected chi connectivity index (χ0v) is 12.0. The molecule has 2 bridgehead atoms. The second kappa shape index (κ2) is 4.82. The van der Waals surface area contributed by atoms with Crippen molar-refractivity contribution in [3.8, 4) is 0 Å². The van der Waals surface area contributed by atoms with Gasteiger partial charge in [-0.15, -0.1) is 0 Å². The van der Waals surface area contributed by atoms with E-state index in [1.54, 1.807) is 0 Å². The first-order valence-corrected chi connectivity index (χ1v) is 8.00. The van der Waals surface area contributed by atoms with Crippen molar-refractivity contribution in [3.05, 3.63) is 29.1 Å². The van der Waals surface area contributed by atoms with Crippen molar-refractivity contribution in [1.29, 1.82) is 0 Å². The fourth-order valence-electron chi connectivity index (χ4n) is 3.39. The Kier molecular flexibility index (Phi) is 2.97. The highest BCUT2D eigenvalue weighted by atomic mass is 32.1. The largest absolute Gasteiger partial charge is 0.348 e. The number of hydrogen-bond donors (Lipinski definition) is 1. The van der Waals surface area contributed by atoms with Crippen LogP contribution in [0, 0.1) is 5.92 Å². The number of carbonyl (C=O) groups excluding carboxylic acids is 1. The van der Waals surface area contributed by atoms with Crippen molar-refractivity contribution in [2.75, 3.05) is 19.6 Å². The van der Waals surface area contributed by atoms with Crippen LogP contribution in [0.2, 0.25) is 0 Å². The van der Waals surface area contributed by atoms with Crippen molar-refractivity contribution in [2.45, 2.75) is 18.9 Å². The van der Waals surface area contributed by atoms with E-state index in [0.29, 0.717) is 12.0 Å². The highest BCUT2D eigenvalue weighted by Gasteiger charge is 2.34. The number of fused-ring (bicyclic) bond motifs is 4. The van der Waals surface area contributed by atoms with Gasteiger partial charge in [0.15, 0.2) is 0 Å². The van der Waals surface area contributed by atoms with Gasteiger partial charge in [-0.2, -0.15) is 4.37 Å². The molecule has 4 nitrogen and oxygen atoms in total. The fourth-order valence-corrected chi connectivity index (χ4v) is 4.03. The number of nitrogens with zero attached hydrogens (tertiary/aromatic N) is 2. The molecule has 104 valence electrons. The lowest BCUT2D eigenvalue weighted by molar-refractivity contribution is 0.0620. The molecule has 1 aromatic carbocycles. The average molecular weight is 287 g/mol. The smallest absolute Gasteiger partial charge is 0.251 e. The molecule has 0 unspecified atom stereocenters. The van der Waals surface area contributed by atoms with E-state index in [-0.39, 0.29) is 5.91 Å². The summed E-state index contributed by atoms with van der Waals surface area (Å²) in [7, 11) is 0. The van der Waals surface area contributed by atoms with Gasteiger partial charge in [0, 0.05) is 28.9 Å². The van der Waals surface area contributed by atoms with Crippen LogP contribution < -0.4 is 5.32 Å². The van der Waals surface area contributed by atoms with Gasteiger partial charge < -0.3 is 10.2 Å². The summed E-state index contributed by atoms with van der Waals surface area (Å²) in [5, 5.41) is 6.26. The van der Waals surface area contributed by atoms with Gasteiger partial charge in [-0.3, -0.25) is 4.79 Å². The molecular formula is C15H17N3OS. The minimum absolute atomic E-state index is 0.0526. The van der Waals surface area contributed by atoms with Crippen LogP contribution in [0.5, 0.6) is 0 Å². The standard InChI is InChI=1S/C15H17N3OS/c19-15(11-1-2-13-12(7-11)9-20-17-13)16-14-8-18-5-3-10(14)4-6-18/h1-2,7,9-10,14H,3-6,8H2,(H,16,19)/t14-/m0/s1. The first-order chi connectivity index (χ1) is 9.79. The summed E-state index contributed by atoms with van der Waals surface area (Å²) >= 11 is 1.43. The Bertz CT molecular complexity index is 645. The van der Waals surface area contributed by atoms with E-state index in [2.05, 4.69) is 14.6 Å². The van der Waals surface area contributed by atoms with Crippen molar-refractivity contribution < 1.29 is 4.79 Å². The Labute approximate surface area is 121 Å². The molecule has 0 aliphatic carbocycles. The van der Waals surface area contributed by atoms with Gasteiger partial charge in [0.1, 0.15) is 0 Å². The Morgan fingerprint density at radius 2 is 2.20 bits per heavy atom. The van der Waals surface area contributed by atoms with Crippen molar-refractivity contribution >= 4 is 28.3 Å². The lowest BCUT2D eigenvalue weighted by atomic mass is 9.84. The second-order valence-corrected chi connectivity index (χ2v) is 6.44. The molecule has 2 aromatic rings. The fraction of sp³-hybridized carbons (Fsp3) is 0.467. The van der Waals surface area contributed by atoms with Crippen LogP contribution in [0.25, 0.3) is 10.9 Å². The SMILES string of the molecule is O=C(N[C@H]1CN2CCC1CC2)c1ccc2nscc2c1. The third-order valence-electron chi connectivity index (χ3n) is 4.59. The van der Waals surface area contributed by atoms with Crippen LogP contribution in [0.4, 0.5) is 0 Å². The topological polar surface area (TPSA) is 45.2 Å². The van der Waals surface area contributed by atoms with Gasteiger partial charge in [-0.05, 0) is 61.6 Å². The summed E-state index contributed by atoms with van der Waals surface area (Å²) in [6, 6.07) is 6.06. The molecule has 1 N–H and O–H groups in total. The summed E-state index contributed by atoms with van der Waals surface area (Å²) in [5.41, 5.74) is 1.71. The molecule has 3 aliphatic heterocycles. The van der Waals surface area contributed by atoms with Crippen LogP contribution in [-0.4, -0.2) is 40.9 Å². The number of hydrogen-bond acceptors (Lipinski definition) is 4. The summed E-state index contributed by atoms with van der Waals surface area (Å²) in [4.78, 5) is 14.9. The Morgan fingerprint density at radius 1 is 1.35 bits per heavy atom. The highest BCUT2D eigenvalue weighted by Crippen LogP contribution is 2.27. The molecule has 0 saturated carbocycles. The molecule has 0 radical (unpaired) electrons. The summed E-state index contributed by atoms with van der Waals surface area (Å²) in [5.74, 6) is 0.715. The molecule has 1 atom stereocenters. The van der Waals surface area contributed by atoms with Gasteiger partial charge in [-0.1, -0.05) is 0 Å². The lowest BCUT2D eigenvalue weighted by Gasteiger charge is -2.44. The zero-order chi connectivity index (χ0) is 13.5. The summed E-state index contributed by atoms with van der Waals surface area (Å²) in [6.45, 7) is 3.41. The van der Waals surface area contributed by atoms with E-state index >= 15 is 0 Å². The predicted octanol–water partition coefficient (Wildman–Crippen LogP) is 2.12. The van der Waals surface area contributed by atoms with Crippen LogP contribution in [0.3, 0.4) is 0 Å². The third-order valence-corrected chi connectivity index (χ3v) is 5.25. The number of carbonyl (C=O) groups is 1. The molecule has 3 saturated heterocycles. The van der Waals surface area contributed by atoms with E-state index in [9.17, 15) is 4.79 Å². The monoisotopic (exact) mass is 287 g/mol. The van der Waals surface area contributed by atoms with E-state index in [1.165, 1.54) is 37.5 Å². The number of nitrogens with one attached hydrogen (secondary N) is 1. The number of piperidine rings is 3. The molecule has 3 fully saturated rings. The van der Waals surface area contributed by atoms with Gasteiger partial charge in [0.25, 0.3) is 5.91 Å². The molecule has 4 heterocycles. The van der Waals surface area contributed by atoms with Gasteiger partial charge in [0.2, 0.25) is 0 Å². The number of amides is 1. The quantitative estimate of drug-likeness (QED) is 0.920. The minimum atomic E-state index is 0.0526. The molecule has 5 rings (SSSR count). The molecule has 1 amide bonds. The first-order valence-electron chi connectivity index (χ1n) is 7.17. The van der Waals surface area contributed by atoms with Crippen molar-refractivity contribution in [3.63, 3.8) is 0 Å². The second-order valence-electron chi connectivity index (χ2n) is 5.81. The molecule has 1 aromatic heterocycles. The normalized spacial score (nSPS) is 28.7. The molecular weight excluding hydrogens is 270 g/mol. The molecule has 0 spiro atoms. The van der Waals surface area contributed by atoms with Gasteiger partial charge >= 0.3 is 0 Å². The molecule has 5 heteroatoms. The number of aromatic nitrogens is 1. The average Bonchev–Trinajstić information content (AvgIpc) is 2.96. The number of rotatable bonds is 2. The van der Waals surface area contributed by atoms with Crippen LogP contribution in [0.15, 0.2) is 23.6 Å². The third kappa shape index (κ3) is 2.11. The Hall–Kier alpha value is -1.46. The summed E-state index contributed by atoms with van der Waals surface area (Å²) < 4.78 is 4.27. The minimum Gasteiger partial charge on any atom is -0.348 e. The van der Waals surface area contributed by atoms with Crippen LogP contribution in [0.1, 0.15) is 23.2 Å². The lowest BCUT2D eigenvalue weighted by Crippen LogP contribution is -2.57. The molecule has 3 aliphatic rings. The maximum Gasteiger partial charge on any atom is 0.251 e. The Morgan fingerprint density at radius 3 is 2.95 bits per heavy atom. The maximum atomic E-state index is 12.4. The van der Waals surface area contributed by atoms with Crippen LogP contribution >= 0.6 is 11.5 Å². The van der Waals surface area contributed by atoms with Gasteiger partial charge in [-0.25, -0.2) is 0 Å².